The summed E-state index contributed by atoms with van der Waals surface area (Å²) in [5, 5.41) is 7.69. The number of aromatic amines is 1. The number of piperidine rings is 3. The Balaban J connectivity index is 1.25. The Morgan fingerprint density at radius 2 is 2.03 bits per heavy atom. The molecule has 3 fully saturated rings. The van der Waals surface area contributed by atoms with Gasteiger partial charge in [-0.25, -0.2) is 0 Å². The summed E-state index contributed by atoms with van der Waals surface area (Å²) in [7, 11) is 1.67. The lowest BCUT2D eigenvalue weighted by molar-refractivity contribution is -0.135. The third kappa shape index (κ3) is 3.76. The van der Waals surface area contributed by atoms with Gasteiger partial charge in [0.25, 0.3) is 0 Å². The van der Waals surface area contributed by atoms with Gasteiger partial charge in [0, 0.05) is 36.0 Å². The normalized spacial score (nSPS) is 28.6. The molecule has 0 spiro atoms. The second-order valence-electron chi connectivity index (χ2n) is 10.7. The molecule has 4 aliphatic rings. The van der Waals surface area contributed by atoms with Crippen molar-refractivity contribution in [2.24, 2.45) is 11.8 Å². The van der Waals surface area contributed by atoms with Crippen LogP contribution in [-0.4, -0.2) is 64.7 Å². The van der Waals surface area contributed by atoms with Crippen LogP contribution < -0.4 is 4.74 Å². The minimum Gasteiger partial charge on any atom is -0.497 e. The molecule has 1 amide bonds. The van der Waals surface area contributed by atoms with E-state index in [9.17, 15) is 4.79 Å². The predicted molar refractivity (Wildman–Crippen MR) is 133 cm³/mol. The number of benzene rings is 1. The SMILES string of the molecule is COc1ccc(-c2n[nH]c(C)c2CC(=O)N2CCCC3=C[C@H]4C[C@H](CN5CCCC[C@@H]45)[C@@H]32)cc1. The fourth-order valence-corrected chi connectivity index (χ4v) is 7.16. The largest absolute Gasteiger partial charge is 0.497 e. The van der Waals surface area contributed by atoms with Gasteiger partial charge >= 0.3 is 0 Å². The van der Waals surface area contributed by atoms with Gasteiger partial charge in [0.1, 0.15) is 5.75 Å². The van der Waals surface area contributed by atoms with Gasteiger partial charge in [-0.1, -0.05) is 18.1 Å². The van der Waals surface area contributed by atoms with E-state index in [-0.39, 0.29) is 11.9 Å². The van der Waals surface area contributed by atoms with Gasteiger partial charge in [-0.2, -0.15) is 5.10 Å². The quantitative estimate of drug-likeness (QED) is 0.689. The highest BCUT2D eigenvalue weighted by molar-refractivity contribution is 5.82. The lowest BCUT2D eigenvalue weighted by Crippen LogP contribution is -2.60. The van der Waals surface area contributed by atoms with Crippen LogP contribution in [0.2, 0.25) is 0 Å². The van der Waals surface area contributed by atoms with Crippen molar-refractivity contribution in [2.75, 3.05) is 26.7 Å². The maximum Gasteiger partial charge on any atom is 0.227 e. The highest BCUT2D eigenvalue weighted by Crippen LogP contribution is 2.45. The Morgan fingerprint density at radius 3 is 2.85 bits per heavy atom. The predicted octanol–water partition coefficient (Wildman–Crippen LogP) is 4.36. The summed E-state index contributed by atoms with van der Waals surface area (Å²) < 4.78 is 5.30. The smallest absolute Gasteiger partial charge is 0.227 e. The number of nitrogens with one attached hydrogen (secondary N) is 1. The number of fused-ring (bicyclic) bond motifs is 6. The molecule has 180 valence electrons. The van der Waals surface area contributed by atoms with Gasteiger partial charge in [-0.3, -0.25) is 14.8 Å². The number of aryl methyl sites for hydroxylation is 1. The molecule has 4 heterocycles. The highest BCUT2D eigenvalue weighted by Gasteiger charge is 2.46. The molecule has 6 heteroatoms. The zero-order valence-electron chi connectivity index (χ0n) is 20.4. The van der Waals surface area contributed by atoms with E-state index in [1.165, 1.54) is 32.2 Å². The highest BCUT2D eigenvalue weighted by atomic mass is 16.5. The van der Waals surface area contributed by atoms with Crippen LogP contribution in [0.1, 0.15) is 49.8 Å². The molecule has 6 nitrogen and oxygen atoms in total. The molecular formula is C28H36N4O2. The maximum absolute atomic E-state index is 13.8. The summed E-state index contributed by atoms with van der Waals surface area (Å²) in [6.07, 6.45) is 10.5. The lowest BCUT2D eigenvalue weighted by atomic mass is 9.68. The van der Waals surface area contributed by atoms with Crippen LogP contribution in [0.25, 0.3) is 11.3 Å². The fraction of sp³-hybridized carbons (Fsp3) is 0.571. The zero-order chi connectivity index (χ0) is 23.2. The van der Waals surface area contributed by atoms with Gasteiger partial charge in [0.05, 0.1) is 25.3 Å². The summed E-state index contributed by atoms with van der Waals surface area (Å²) in [6.45, 7) is 5.29. The molecule has 3 aliphatic heterocycles. The minimum absolute atomic E-state index is 0.245. The van der Waals surface area contributed by atoms with Gasteiger partial charge in [-0.05, 0) is 81.7 Å². The van der Waals surface area contributed by atoms with E-state index in [0.717, 1.165) is 60.2 Å². The first-order chi connectivity index (χ1) is 16.6. The van der Waals surface area contributed by atoms with E-state index < -0.39 is 0 Å². The number of hydrogen-bond donors (Lipinski definition) is 1. The number of nitrogens with zero attached hydrogens (tertiary/aromatic N) is 3. The maximum atomic E-state index is 13.8. The number of hydrogen-bond acceptors (Lipinski definition) is 4. The minimum atomic E-state index is 0.245. The van der Waals surface area contributed by atoms with Gasteiger partial charge in [0.2, 0.25) is 5.91 Å². The number of likely N-dealkylation sites (tertiary alicyclic amines) is 1. The number of H-pyrrole nitrogens is 1. The summed E-state index contributed by atoms with van der Waals surface area (Å²) in [5.41, 5.74) is 5.42. The molecule has 2 aromatic rings. The number of amides is 1. The molecular weight excluding hydrogens is 424 g/mol. The molecule has 4 atom stereocenters. The average molecular weight is 461 g/mol. The standard InChI is InChI=1S/C28H36N4O2/c1-18-24(27(30-29-18)19-8-10-23(34-2)11-9-19)16-26(33)32-13-5-6-20-14-21-15-22(28(20)32)17-31-12-4-3-7-25(21)31/h8-11,14,21-22,25,28H,3-7,12-13,15-17H2,1-2H3,(H,29,30)/t21-,22+,25-,28+/m0/s1. The van der Waals surface area contributed by atoms with Crippen LogP contribution >= 0.6 is 0 Å². The second-order valence-corrected chi connectivity index (χ2v) is 10.7. The Morgan fingerprint density at radius 1 is 1.18 bits per heavy atom. The Hall–Kier alpha value is -2.60. The van der Waals surface area contributed by atoms with Crippen LogP contribution in [0.15, 0.2) is 35.9 Å². The molecule has 0 saturated carbocycles. The third-order valence-electron chi connectivity index (χ3n) is 8.74. The molecule has 1 N–H and O–H groups in total. The first-order valence-electron chi connectivity index (χ1n) is 13.0. The molecule has 1 aliphatic carbocycles. The van der Waals surface area contributed by atoms with Gasteiger partial charge < -0.3 is 9.64 Å². The second kappa shape index (κ2) is 8.88. The molecule has 1 aromatic carbocycles. The summed E-state index contributed by atoms with van der Waals surface area (Å²) >= 11 is 0. The van der Waals surface area contributed by atoms with Crippen molar-refractivity contribution in [3.63, 3.8) is 0 Å². The number of aromatic nitrogens is 2. The van der Waals surface area contributed by atoms with Crippen molar-refractivity contribution in [1.82, 2.24) is 20.0 Å². The summed E-state index contributed by atoms with van der Waals surface area (Å²) in [6, 6.07) is 8.96. The molecule has 34 heavy (non-hydrogen) atoms. The first kappa shape index (κ1) is 21.9. The number of carbonyl (C=O) groups excluding carboxylic acids is 1. The molecule has 3 saturated heterocycles. The number of rotatable bonds is 4. The van der Waals surface area contributed by atoms with E-state index in [4.69, 9.17) is 4.74 Å². The van der Waals surface area contributed by atoms with Crippen molar-refractivity contribution < 1.29 is 9.53 Å². The molecule has 6 rings (SSSR count). The number of methoxy groups -OCH3 is 1. The van der Waals surface area contributed by atoms with Crippen LogP contribution in [0.5, 0.6) is 5.75 Å². The van der Waals surface area contributed by atoms with E-state index in [0.29, 0.717) is 18.3 Å². The first-order valence-corrected chi connectivity index (χ1v) is 13.0. The van der Waals surface area contributed by atoms with E-state index >= 15 is 0 Å². The van der Waals surface area contributed by atoms with Crippen LogP contribution in [0.4, 0.5) is 0 Å². The summed E-state index contributed by atoms with van der Waals surface area (Å²) in [4.78, 5) is 18.8. The van der Waals surface area contributed by atoms with Crippen molar-refractivity contribution in [3.8, 4) is 17.0 Å². The monoisotopic (exact) mass is 460 g/mol. The Labute approximate surface area is 202 Å². The number of carbonyl (C=O) groups is 1. The van der Waals surface area contributed by atoms with Crippen LogP contribution in [0.3, 0.4) is 0 Å². The lowest BCUT2D eigenvalue weighted by Gasteiger charge is -2.54. The van der Waals surface area contributed by atoms with Gasteiger partial charge in [-0.15, -0.1) is 0 Å². The van der Waals surface area contributed by atoms with Crippen molar-refractivity contribution >= 4 is 5.91 Å². The summed E-state index contributed by atoms with van der Waals surface area (Å²) in [5.74, 6) is 2.34. The number of ether oxygens (including phenoxy) is 1. The van der Waals surface area contributed by atoms with Crippen LogP contribution in [0, 0.1) is 18.8 Å². The van der Waals surface area contributed by atoms with Crippen molar-refractivity contribution in [1.29, 1.82) is 0 Å². The van der Waals surface area contributed by atoms with E-state index in [2.05, 4.69) is 26.1 Å². The Kier molecular flexibility index (Phi) is 5.72. The van der Waals surface area contributed by atoms with Crippen molar-refractivity contribution in [2.45, 2.75) is 64.0 Å². The van der Waals surface area contributed by atoms with E-state index in [1.54, 1.807) is 12.7 Å². The third-order valence-corrected chi connectivity index (χ3v) is 8.74. The fourth-order valence-electron chi connectivity index (χ4n) is 7.16. The van der Waals surface area contributed by atoms with E-state index in [1.807, 2.05) is 31.2 Å². The zero-order valence-corrected chi connectivity index (χ0v) is 20.4. The Bertz CT molecular complexity index is 1090. The molecule has 0 unspecified atom stereocenters. The molecule has 0 radical (unpaired) electrons. The average Bonchev–Trinajstić information content (AvgIpc) is 3.23. The van der Waals surface area contributed by atoms with Crippen LogP contribution in [-0.2, 0) is 11.2 Å². The van der Waals surface area contributed by atoms with Gasteiger partial charge in [0.15, 0.2) is 0 Å². The molecule has 1 aromatic heterocycles. The van der Waals surface area contributed by atoms with Crippen molar-refractivity contribution in [3.05, 3.63) is 47.2 Å². The molecule has 2 bridgehead atoms. The topological polar surface area (TPSA) is 61.5 Å².